The minimum Gasteiger partial charge on any atom is -0.308 e. The van der Waals surface area contributed by atoms with E-state index in [9.17, 15) is 5.26 Å². The fourth-order valence-electron chi connectivity index (χ4n) is 6.63. The van der Waals surface area contributed by atoms with Crippen molar-refractivity contribution in [2.24, 2.45) is 0 Å². The summed E-state index contributed by atoms with van der Waals surface area (Å²) >= 11 is 0. The van der Waals surface area contributed by atoms with Crippen LogP contribution in [-0.2, 0) is 0 Å². The highest BCUT2D eigenvalue weighted by Crippen LogP contribution is 2.40. The molecule has 0 N–H and O–H groups in total. The molecular weight excluding hydrogens is 540 g/mol. The summed E-state index contributed by atoms with van der Waals surface area (Å²) in [6.45, 7) is 7.97. The first-order chi connectivity index (χ1) is 21.4. The third kappa shape index (κ3) is 3.83. The summed E-state index contributed by atoms with van der Waals surface area (Å²) in [5.74, 6) is 1.88. The van der Waals surface area contributed by atoms with Crippen molar-refractivity contribution < 1.29 is 0 Å². The van der Waals surface area contributed by atoms with Crippen LogP contribution in [0.25, 0.3) is 66.4 Å². The molecule has 0 unspecified atom stereocenters. The van der Waals surface area contributed by atoms with Crippen LogP contribution in [0.3, 0.4) is 0 Å². The Labute approximate surface area is 254 Å². The van der Waals surface area contributed by atoms with E-state index < -0.39 is 0 Å². The van der Waals surface area contributed by atoms with E-state index in [4.69, 9.17) is 9.97 Å². The highest BCUT2D eigenvalue weighted by Gasteiger charge is 2.23. The maximum Gasteiger partial charge on any atom is 0.163 e. The van der Waals surface area contributed by atoms with Gasteiger partial charge in [0.05, 0.1) is 33.4 Å². The molecule has 0 atom stereocenters. The van der Waals surface area contributed by atoms with Crippen LogP contribution in [-0.4, -0.2) is 24.1 Å². The maximum absolute atomic E-state index is 11.0. The lowest BCUT2D eigenvalue weighted by Gasteiger charge is -2.18. The molecule has 8 aromatic rings. The second kappa shape index (κ2) is 9.62. The van der Waals surface area contributed by atoms with Crippen molar-refractivity contribution in [3.63, 3.8) is 0 Å². The molecule has 5 aromatic carbocycles. The lowest BCUT2D eigenvalue weighted by Crippen LogP contribution is -2.07. The number of rotatable bonds is 3. The molecule has 0 aliphatic heterocycles. The van der Waals surface area contributed by atoms with E-state index in [1.165, 1.54) is 0 Å². The Morgan fingerprint density at radius 2 is 0.977 bits per heavy atom. The smallest absolute Gasteiger partial charge is 0.163 e. The molecule has 3 aromatic heterocycles. The molecule has 6 nitrogen and oxygen atoms in total. The van der Waals surface area contributed by atoms with E-state index in [1.54, 1.807) is 0 Å². The number of fused-ring (bicyclic) bond motifs is 6. The molecule has 0 saturated carbocycles. The van der Waals surface area contributed by atoms with Crippen LogP contribution in [0.2, 0.25) is 0 Å². The fourth-order valence-corrected chi connectivity index (χ4v) is 6.63. The van der Waals surface area contributed by atoms with Gasteiger partial charge in [-0.15, -0.1) is 0 Å². The molecule has 44 heavy (non-hydrogen) atoms. The molecule has 8 rings (SSSR count). The minimum atomic E-state index is 0.574. The number of nitriles is 1. The summed E-state index contributed by atoms with van der Waals surface area (Å²) in [5.41, 5.74) is 9.43. The van der Waals surface area contributed by atoms with Gasteiger partial charge in [-0.3, -0.25) is 0 Å². The molecule has 0 saturated heterocycles. The van der Waals surface area contributed by atoms with Gasteiger partial charge < -0.3 is 9.13 Å². The van der Waals surface area contributed by atoms with Crippen LogP contribution in [0, 0.1) is 39.0 Å². The summed E-state index contributed by atoms with van der Waals surface area (Å²) in [6.07, 6.45) is 0. The predicted molar refractivity (Wildman–Crippen MR) is 178 cm³/mol. The zero-order valence-corrected chi connectivity index (χ0v) is 24.9. The highest BCUT2D eigenvalue weighted by atomic mass is 15.0. The Bertz CT molecular complexity index is 2350. The van der Waals surface area contributed by atoms with Crippen LogP contribution >= 0.6 is 0 Å². The average molecular weight is 569 g/mol. The van der Waals surface area contributed by atoms with Gasteiger partial charge >= 0.3 is 0 Å². The van der Waals surface area contributed by atoms with E-state index in [-0.39, 0.29) is 0 Å². The maximum atomic E-state index is 11.0. The van der Waals surface area contributed by atoms with Crippen molar-refractivity contribution in [1.82, 2.24) is 24.1 Å². The monoisotopic (exact) mass is 568 g/mol. The molecule has 6 heteroatoms. The van der Waals surface area contributed by atoms with Gasteiger partial charge in [0.15, 0.2) is 5.82 Å². The Morgan fingerprint density at radius 3 is 1.45 bits per heavy atom. The van der Waals surface area contributed by atoms with Crippen molar-refractivity contribution in [3.05, 3.63) is 125 Å². The van der Waals surface area contributed by atoms with Crippen LogP contribution in [0.5, 0.6) is 0 Å². The van der Waals surface area contributed by atoms with Gasteiger partial charge in [0, 0.05) is 27.1 Å². The number of aromatic nitrogens is 5. The molecular formula is C38H28N6. The number of para-hydroxylation sites is 2. The summed E-state index contributed by atoms with van der Waals surface area (Å²) in [6, 6.07) is 36.6. The molecule has 0 fully saturated rings. The van der Waals surface area contributed by atoms with Crippen LogP contribution < -0.4 is 0 Å². The first-order valence-electron chi connectivity index (χ1n) is 14.7. The van der Waals surface area contributed by atoms with E-state index in [0.29, 0.717) is 23.0 Å². The Balaban J connectivity index is 1.59. The van der Waals surface area contributed by atoms with E-state index in [0.717, 1.165) is 71.7 Å². The summed E-state index contributed by atoms with van der Waals surface area (Å²) < 4.78 is 4.45. The van der Waals surface area contributed by atoms with Gasteiger partial charge in [-0.1, -0.05) is 60.7 Å². The zero-order valence-electron chi connectivity index (χ0n) is 24.9. The molecule has 0 radical (unpaired) electrons. The number of hydrogen-bond donors (Lipinski definition) is 0. The van der Waals surface area contributed by atoms with Gasteiger partial charge in [0.1, 0.15) is 23.3 Å². The second-order valence-corrected chi connectivity index (χ2v) is 11.5. The summed E-state index contributed by atoms with van der Waals surface area (Å²) in [4.78, 5) is 14.0. The molecule has 3 heterocycles. The standard InChI is InChI=1S/C38H28N6/c1-22-13-15-29-27-9-5-7-11-32(27)43(34(29)17-22)36-19-26(38-41-24(3)40-25(4)42-38)20-37(31(36)21-39)44-33-12-8-6-10-28(33)30-16-14-23(2)18-35(30)44/h5-20H,1-4H3. The predicted octanol–water partition coefficient (Wildman–Crippen LogP) is 8.84. The third-order valence-electron chi connectivity index (χ3n) is 8.47. The first kappa shape index (κ1) is 25.9. The summed E-state index contributed by atoms with van der Waals surface area (Å²) in [5, 5.41) is 15.6. The van der Waals surface area contributed by atoms with Gasteiger partial charge in [-0.05, 0) is 75.2 Å². The van der Waals surface area contributed by atoms with Crippen molar-refractivity contribution in [1.29, 1.82) is 5.26 Å². The number of hydrogen-bond acceptors (Lipinski definition) is 4. The molecule has 0 aliphatic carbocycles. The highest BCUT2D eigenvalue weighted by molar-refractivity contribution is 6.11. The number of aryl methyl sites for hydroxylation is 4. The van der Waals surface area contributed by atoms with E-state index in [2.05, 4.69) is 131 Å². The molecule has 210 valence electrons. The minimum absolute atomic E-state index is 0.574. The average Bonchev–Trinajstić information content (AvgIpc) is 3.51. The largest absolute Gasteiger partial charge is 0.308 e. The molecule has 0 amide bonds. The third-order valence-corrected chi connectivity index (χ3v) is 8.47. The van der Waals surface area contributed by atoms with Gasteiger partial charge in [-0.2, -0.15) is 5.26 Å². The van der Waals surface area contributed by atoms with Crippen molar-refractivity contribution in [2.45, 2.75) is 27.7 Å². The molecule has 0 aliphatic rings. The van der Waals surface area contributed by atoms with Crippen LogP contribution in [0.4, 0.5) is 0 Å². The molecule has 0 bridgehead atoms. The number of benzene rings is 5. The van der Waals surface area contributed by atoms with Gasteiger partial charge in [0.2, 0.25) is 0 Å². The fraction of sp³-hybridized carbons (Fsp3) is 0.105. The lowest BCUT2D eigenvalue weighted by molar-refractivity contribution is 0.927. The second-order valence-electron chi connectivity index (χ2n) is 11.5. The Hall–Kier alpha value is -5.80. The number of nitrogens with zero attached hydrogens (tertiary/aromatic N) is 6. The van der Waals surface area contributed by atoms with Crippen LogP contribution in [0.15, 0.2) is 97.1 Å². The van der Waals surface area contributed by atoms with Crippen molar-refractivity contribution in [3.8, 4) is 28.8 Å². The van der Waals surface area contributed by atoms with Crippen molar-refractivity contribution in [2.75, 3.05) is 0 Å². The Morgan fingerprint density at radius 1 is 0.523 bits per heavy atom. The van der Waals surface area contributed by atoms with Gasteiger partial charge in [-0.25, -0.2) is 15.0 Å². The van der Waals surface area contributed by atoms with Gasteiger partial charge in [0.25, 0.3) is 0 Å². The molecule has 0 spiro atoms. The van der Waals surface area contributed by atoms with E-state index in [1.807, 2.05) is 13.8 Å². The SMILES string of the molecule is Cc1ccc2c3ccccc3n(-c3cc(-c4nc(C)nc(C)n4)cc(-n4c5ccccc5c5ccc(C)cc54)c3C#N)c2c1. The summed E-state index contributed by atoms with van der Waals surface area (Å²) in [7, 11) is 0. The Kier molecular flexibility index (Phi) is 5.65. The van der Waals surface area contributed by atoms with E-state index >= 15 is 0 Å². The topological polar surface area (TPSA) is 72.3 Å². The zero-order chi connectivity index (χ0) is 30.1. The normalized spacial score (nSPS) is 11.6. The van der Waals surface area contributed by atoms with Crippen molar-refractivity contribution >= 4 is 43.6 Å². The lowest BCUT2D eigenvalue weighted by atomic mass is 10.0. The van der Waals surface area contributed by atoms with Crippen LogP contribution in [0.1, 0.15) is 28.3 Å². The quantitative estimate of drug-likeness (QED) is 0.213. The first-order valence-corrected chi connectivity index (χ1v) is 14.7.